The summed E-state index contributed by atoms with van der Waals surface area (Å²) in [6, 6.07) is 0. The minimum absolute atomic E-state index is 0. The van der Waals surface area contributed by atoms with Crippen LogP contribution in [0.1, 0.15) is 34.6 Å². The second-order valence-corrected chi connectivity index (χ2v) is 5.67. The van der Waals surface area contributed by atoms with Crippen LogP contribution in [0.5, 0.6) is 0 Å². The number of rotatable bonds is 0. The number of allylic oxidation sites excluding steroid dienone is 4. The van der Waals surface area contributed by atoms with E-state index >= 15 is 0 Å². The maximum Gasteiger partial charge on any atom is -0.147 e. The zero-order valence-electron chi connectivity index (χ0n) is 8.41. The van der Waals surface area contributed by atoms with Crippen molar-refractivity contribution in [1.29, 1.82) is 0 Å². The molecule has 0 fully saturated rings. The van der Waals surface area contributed by atoms with E-state index in [1.54, 1.807) is 14.5 Å². The molecule has 1 aliphatic rings. The Morgan fingerprint density at radius 3 is 1.50 bits per heavy atom. The van der Waals surface area contributed by atoms with Crippen LogP contribution in [0.3, 0.4) is 0 Å². The molecule has 1 aliphatic carbocycles. The smallest absolute Gasteiger partial charge is 0.147 e. The fourth-order valence-corrected chi connectivity index (χ4v) is 2.94. The van der Waals surface area contributed by atoms with E-state index in [1.165, 1.54) is 29.9 Å². The first-order valence-corrected chi connectivity index (χ1v) is 5.80. The van der Waals surface area contributed by atoms with Crippen LogP contribution in [0.25, 0.3) is 0 Å². The summed E-state index contributed by atoms with van der Waals surface area (Å²) in [7, 11) is 0. The van der Waals surface area contributed by atoms with Crippen molar-refractivity contribution in [3.05, 3.63) is 20.0 Å². The summed E-state index contributed by atoms with van der Waals surface area (Å²) >= 11 is 1.21. The molecule has 0 amide bonds. The molecule has 0 aliphatic heterocycles. The second kappa shape index (κ2) is 3.79. The van der Waals surface area contributed by atoms with Crippen LogP contribution in [0.4, 0.5) is 0 Å². The molecule has 0 aromatic carbocycles. The van der Waals surface area contributed by atoms with Crippen LogP contribution in [0.2, 0.25) is 0 Å². The molecule has 0 nitrogen and oxygen atoms in total. The van der Waals surface area contributed by atoms with Crippen LogP contribution in [-0.2, 0) is 24.4 Å². The third-order valence-corrected chi connectivity index (χ3v) is 6.66. The van der Waals surface area contributed by atoms with Gasteiger partial charge in [0.05, 0.1) is 0 Å². The number of hydrogen-bond donors (Lipinski definition) is 0. The second-order valence-electron chi connectivity index (χ2n) is 3.88. The van der Waals surface area contributed by atoms with E-state index in [9.17, 15) is 0 Å². The fraction of sp³-hybridized carbons (Fsp3) is 0.600. The molecule has 0 spiro atoms. The van der Waals surface area contributed by atoms with Gasteiger partial charge in [0, 0.05) is 0 Å². The molecule has 0 radical (unpaired) electrons. The Morgan fingerprint density at radius 1 is 1.00 bits per heavy atom. The first-order valence-electron chi connectivity index (χ1n) is 4.00. The summed E-state index contributed by atoms with van der Waals surface area (Å²) in [5, 5.41) is 0. The Balaban J connectivity index is 0.00000121. The minimum Gasteiger partial charge on any atom is -0.147 e. The Bertz CT molecular complexity index is 233. The maximum absolute atomic E-state index is 2.34. The van der Waals surface area contributed by atoms with Crippen molar-refractivity contribution < 1.29 is 24.4 Å². The van der Waals surface area contributed by atoms with Gasteiger partial charge < -0.3 is 0 Å². The van der Waals surface area contributed by atoms with Crippen molar-refractivity contribution in [2.75, 3.05) is 0 Å². The standard InChI is InChI=1S/C10H15.ClH.Hf/c1-7-6-10(4,5)9(3)8(7)2;;/h1-5H3;1H;. The largest absolute Gasteiger partial charge is 0.147 e. The maximum atomic E-state index is 2.34. The van der Waals surface area contributed by atoms with Gasteiger partial charge in [0.25, 0.3) is 0 Å². The van der Waals surface area contributed by atoms with Crippen molar-refractivity contribution >= 4 is 12.4 Å². The first kappa shape index (κ1) is 12.6. The summed E-state index contributed by atoms with van der Waals surface area (Å²) in [5.41, 5.74) is 5.03. The number of hydrogen-bond acceptors (Lipinski definition) is 0. The monoisotopic (exact) mass is 351 g/mol. The first-order chi connectivity index (χ1) is 4.89. The molecule has 67 valence electrons. The molecule has 0 saturated carbocycles. The summed E-state index contributed by atoms with van der Waals surface area (Å²) in [6.07, 6.45) is 0. The van der Waals surface area contributed by atoms with Gasteiger partial charge in [0.1, 0.15) is 0 Å². The van der Waals surface area contributed by atoms with Gasteiger partial charge in [-0.3, -0.25) is 0 Å². The Hall–Kier alpha value is 0.640. The molecule has 1 rings (SSSR count). The van der Waals surface area contributed by atoms with E-state index in [1.807, 2.05) is 0 Å². The molecule has 12 heavy (non-hydrogen) atoms. The van der Waals surface area contributed by atoms with Gasteiger partial charge in [-0.25, -0.2) is 0 Å². The van der Waals surface area contributed by atoms with Crippen molar-refractivity contribution in [3.63, 3.8) is 0 Å². The van der Waals surface area contributed by atoms with Gasteiger partial charge in [-0.2, -0.15) is 0 Å². The third-order valence-electron chi connectivity index (χ3n) is 3.06. The molecule has 0 unspecified atom stereocenters. The molecule has 2 heteroatoms. The van der Waals surface area contributed by atoms with Crippen LogP contribution < -0.4 is 0 Å². The SMILES string of the molecule is CC1=C(C)C(C)(C)[C]([Hf])=C1C.Cl. The van der Waals surface area contributed by atoms with Crippen molar-refractivity contribution in [2.24, 2.45) is 5.41 Å². The molecule has 0 atom stereocenters. The van der Waals surface area contributed by atoms with Gasteiger partial charge >= 0.3 is 84.5 Å². The summed E-state index contributed by atoms with van der Waals surface area (Å²) < 4.78 is 1.67. The molecule has 0 saturated heterocycles. The normalized spacial score (nSPS) is 21.3. The molecule has 0 heterocycles. The van der Waals surface area contributed by atoms with Crippen LogP contribution in [0, 0.1) is 5.41 Å². The summed E-state index contributed by atoms with van der Waals surface area (Å²) in [6.45, 7) is 11.5. The number of halogens is 1. The van der Waals surface area contributed by atoms with E-state index in [0.29, 0.717) is 5.41 Å². The zero-order chi connectivity index (χ0) is 8.81. The summed E-state index contributed by atoms with van der Waals surface area (Å²) in [4.78, 5) is 0. The zero-order valence-corrected chi connectivity index (χ0v) is 12.8. The van der Waals surface area contributed by atoms with Gasteiger partial charge in [-0.1, -0.05) is 0 Å². The predicted molar refractivity (Wildman–Crippen MR) is 52.1 cm³/mol. The Labute approximate surface area is 96.5 Å². The third kappa shape index (κ3) is 1.63. The predicted octanol–water partition coefficient (Wildman–Crippen LogP) is 3.61. The van der Waals surface area contributed by atoms with Crippen LogP contribution in [-0.4, -0.2) is 0 Å². The molecule has 0 bridgehead atoms. The fourth-order valence-electron chi connectivity index (χ4n) is 1.59. The molecular formula is C10H16ClHf. The van der Waals surface area contributed by atoms with Crippen molar-refractivity contribution in [1.82, 2.24) is 0 Å². The van der Waals surface area contributed by atoms with E-state index in [-0.39, 0.29) is 12.4 Å². The van der Waals surface area contributed by atoms with Gasteiger partial charge in [-0.15, -0.1) is 12.4 Å². The molecular weight excluding hydrogens is 334 g/mol. The molecule has 0 aromatic heterocycles. The minimum atomic E-state index is 0. The topological polar surface area (TPSA) is 0 Å². The van der Waals surface area contributed by atoms with E-state index < -0.39 is 0 Å². The van der Waals surface area contributed by atoms with E-state index in [0.717, 1.165) is 0 Å². The van der Waals surface area contributed by atoms with E-state index in [2.05, 4.69) is 34.6 Å². The molecule has 0 aromatic rings. The van der Waals surface area contributed by atoms with Crippen molar-refractivity contribution in [2.45, 2.75) is 34.6 Å². The van der Waals surface area contributed by atoms with E-state index in [4.69, 9.17) is 0 Å². The van der Waals surface area contributed by atoms with Gasteiger partial charge in [-0.05, 0) is 0 Å². The van der Waals surface area contributed by atoms with Crippen LogP contribution >= 0.6 is 12.4 Å². The molecule has 0 N–H and O–H groups in total. The quantitative estimate of drug-likeness (QED) is 0.586. The Morgan fingerprint density at radius 2 is 1.42 bits per heavy atom. The average molecular weight is 350 g/mol. The van der Waals surface area contributed by atoms with Gasteiger partial charge in [0.2, 0.25) is 0 Å². The Kier molecular flexibility index (Phi) is 4.00. The summed E-state index contributed by atoms with van der Waals surface area (Å²) in [5.74, 6) is 0. The van der Waals surface area contributed by atoms with Gasteiger partial charge in [0.15, 0.2) is 0 Å². The average Bonchev–Trinajstić information content (AvgIpc) is 2.06. The van der Waals surface area contributed by atoms with Crippen molar-refractivity contribution in [3.8, 4) is 0 Å². The van der Waals surface area contributed by atoms with Crippen LogP contribution in [0.15, 0.2) is 20.0 Å².